The first-order chi connectivity index (χ1) is 13.5. The van der Waals surface area contributed by atoms with Crippen LogP contribution in [0.1, 0.15) is 27.7 Å². The molecular weight excluding hydrogens is 365 g/mol. The van der Waals surface area contributed by atoms with Crippen LogP contribution in [0.2, 0.25) is 0 Å². The van der Waals surface area contributed by atoms with Crippen molar-refractivity contribution in [2.24, 2.45) is 0 Å². The molecule has 0 radical (unpaired) electrons. The number of hydrogen-bond acceptors (Lipinski definition) is 5. The third-order valence-corrected chi connectivity index (χ3v) is 4.54. The molecule has 142 valence electrons. The van der Waals surface area contributed by atoms with E-state index in [0.717, 1.165) is 6.07 Å². The van der Waals surface area contributed by atoms with Gasteiger partial charge >= 0.3 is 0 Å². The lowest BCUT2D eigenvalue weighted by molar-refractivity contribution is 0.0938. The summed E-state index contributed by atoms with van der Waals surface area (Å²) in [6.45, 7) is 3.91. The van der Waals surface area contributed by atoms with Crippen molar-refractivity contribution < 1.29 is 23.1 Å². The first-order valence-corrected chi connectivity index (χ1v) is 8.52. The van der Waals surface area contributed by atoms with Gasteiger partial charge < -0.3 is 19.2 Å². The topological polar surface area (TPSA) is 77.8 Å². The maximum atomic E-state index is 13.6. The maximum Gasteiger partial charge on any atom is 0.288 e. The Hall–Kier alpha value is -3.61. The number of benzene rings is 2. The van der Waals surface area contributed by atoms with Gasteiger partial charge in [-0.1, -0.05) is 18.7 Å². The highest BCUT2D eigenvalue weighted by Crippen LogP contribution is 2.35. The van der Waals surface area contributed by atoms with Crippen molar-refractivity contribution in [2.75, 3.05) is 13.7 Å². The van der Waals surface area contributed by atoms with Crippen molar-refractivity contribution in [3.05, 3.63) is 82.0 Å². The van der Waals surface area contributed by atoms with Gasteiger partial charge in [-0.3, -0.25) is 9.59 Å². The standard InChI is InChI=1S/C21H16FNO5/c1-3-8-27-15-6-4-11(9-16(15)26-2)18-17-19(24)13-10-12(22)5-7-14(13)28-20(17)21(25)23-18/h3-7,9-10,18H,1,8H2,2H3,(H,23,25). The lowest BCUT2D eigenvalue weighted by Crippen LogP contribution is -2.22. The van der Waals surface area contributed by atoms with Crippen LogP contribution in [0.15, 0.2) is 58.3 Å². The van der Waals surface area contributed by atoms with Gasteiger partial charge in [-0.25, -0.2) is 4.39 Å². The van der Waals surface area contributed by atoms with Gasteiger partial charge in [0.15, 0.2) is 16.9 Å². The van der Waals surface area contributed by atoms with Crippen LogP contribution in [-0.2, 0) is 0 Å². The van der Waals surface area contributed by atoms with Gasteiger partial charge in [0.1, 0.15) is 18.0 Å². The summed E-state index contributed by atoms with van der Waals surface area (Å²) >= 11 is 0. The van der Waals surface area contributed by atoms with Crippen LogP contribution in [-0.4, -0.2) is 19.6 Å². The largest absolute Gasteiger partial charge is 0.493 e. The van der Waals surface area contributed by atoms with E-state index in [4.69, 9.17) is 13.9 Å². The molecular formula is C21H16FNO5. The maximum absolute atomic E-state index is 13.6. The van der Waals surface area contributed by atoms with E-state index in [1.165, 1.54) is 19.2 Å². The van der Waals surface area contributed by atoms with E-state index in [-0.39, 0.29) is 22.3 Å². The molecule has 0 saturated carbocycles. The number of ether oxygens (including phenoxy) is 2. The fourth-order valence-electron chi connectivity index (χ4n) is 3.26. The van der Waals surface area contributed by atoms with Gasteiger partial charge in [-0.2, -0.15) is 0 Å². The molecule has 0 fully saturated rings. The molecule has 1 aliphatic rings. The van der Waals surface area contributed by atoms with Crippen LogP contribution in [0.25, 0.3) is 11.0 Å². The van der Waals surface area contributed by atoms with Crippen molar-refractivity contribution in [3.8, 4) is 11.5 Å². The molecule has 6 nitrogen and oxygen atoms in total. The number of carbonyl (C=O) groups is 1. The van der Waals surface area contributed by atoms with Crippen molar-refractivity contribution in [1.29, 1.82) is 0 Å². The fraction of sp³-hybridized carbons (Fsp3) is 0.143. The molecule has 2 heterocycles. The van der Waals surface area contributed by atoms with E-state index in [1.807, 2.05) is 0 Å². The second-order valence-corrected chi connectivity index (χ2v) is 6.23. The zero-order valence-electron chi connectivity index (χ0n) is 15.0. The lowest BCUT2D eigenvalue weighted by Gasteiger charge is -2.15. The van der Waals surface area contributed by atoms with E-state index in [2.05, 4.69) is 11.9 Å². The number of methoxy groups -OCH3 is 1. The highest BCUT2D eigenvalue weighted by molar-refractivity contribution is 5.99. The summed E-state index contributed by atoms with van der Waals surface area (Å²) in [6.07, 6.45) is 1.61. The van der Waals surface area contributed by atoms with Crippen LogP contribution >= 0.6 is 0 Å². The molecule has 3 aromatic rings. The fourth-order valence-corrected chi connectivity index (χ4v) is 3.26. The van der Waals surface area contributed by atoms with E-state index in [1.54, 1.807) is 24.3 Å². The number of rotatable bonds is 5. The smallest absolute Gasteiger partial charge is 0.288 e. The van der Waals surface area contributed by atoms with Crippen LogP contribution in [0.3, 0.4) is 0 Å². The summed E-state index contributed by atoms with van der Waals surface area (Å²) in [7, 11) is 1.49. The Morgan fingerprint density at radius 1 is 1.21 bits per heavy atom. The SMILES string of the molecule is C=CCOc1ccc(C2NC(=O)c3oc4ccc(F)cc4c(=O)c32)cc1OC. The summed E-state index contributed by atoms with van der Waals surface area (Å²) in [5.41, 5.74) is 0.458. The second kappa shape index (κ2) is 6.84. The second-order valence-electron chi connectivity index (χ2n) is 6.23. The molecule has 1 unspecified atom stereocenters. The number of nitrogens with one attached hydrogen (secondary N) is 1. The summed E-state index contributed by atoms with van der Waals surface area (Å²) in [4.78, 5) is 25.4. The van der Waals surface area contributed by atoms with E-state index in [9.17, 15) is 14.0 Å². The molecule has 0 spiro atoms. The highest BCUT2D eigenvalue weighted by atomic mass is 19.1. The molecule has 0 aliphatic carbocycles. The summed E-state index contributed by atoms with van der Waals surface area (Å²) in [6, 6.07) is 7.95. The predicted molar refractivity (Wildman–Crippen MR) is 100 cm³/mol. The van der Waals surface area contributed by atoms with E-state index in [0.29, 0.717) is 23.7 Å². The molecule has 1 aliphatic heterocycles. The Kier molecular flexibility index (Phi) is 4.35. The number of hydrogen-bond donors (Lipinski definition) is 1. The van der Waals surface area contributed by atoms with E-state index < -0.39 is 23.2 Å². The highest BCUT2D eigenvalue weighted by Gasteiger charge is 2.36. The molecule has 4 rings (SSSR count). The third kappa shape index (κ3) is 2.81. The summed E-state index contributed by atoms with van der Waals surface area (Å²) in [5.74, 6) is -0.185. The number of carbonyl (C=O) groups excluding carboxylic acids is 1. The average molecular weight is 381 g/mol. The van der Waals surface area contributed by atoms with Crippen LogP contribution in [0, 0.1) is 5.82 Å². The molecule has 1 N–H and O–H groups in total. The van der Waals surface area contributed by atoms with Crippen LogP contribution in [0.5, 0.6) is 11.5 Å². The first kappa shape index (κ1) is 17.8. The molecule has 28 heavy (non-hydrogen) atoms. The van der Waals surface area contributed by atoms with Crippen LogP contribution < -0.4 is 20.2 Å². The number of halogens is 1. The number of amides is 1. The molecule has 1 atom stereocenters. The zero-order valence-corrected chi connectivity index (χ0v) is 15.0. The van der Waals surface area contributed by atoms with Gasteiger partial charge in [0.25, 0.3) is 5.91 Å². The molecule has 2 aromatic carbocycles. The Labute approximate surface area is 159 Å². The third-order valence-electron chi connectivity index (χ3n) is 4.54. The Balaban J connectivity index is 1.85. The molecule has 0 saturated heterocycles. The molecule has 0 bridgehead atoms. The summed E-state index contributed by atoms with van der Waals surface area (Å²) < 4.78 is 30.1. The van der Waals surface area contributed by atoms with Gasteiger partial charge in [0.2, 0.25) is 5.76 Å². The molecule has 1 amide bonds. The minimum atomic E-state index is -0.742. The Morgan fingerprint density at radius 2 is 2.04 bits per heavy atom. The van der Waals surface area contributed by atoms with Gasteiger partial charge in [-0.15, -0.1) is 0 Å². The lowest BCUT2D eigenvalue weighted by atomic mass is 9.99. The predicted octanol–water partition coefficient (Wildman–Crippen LogP) is 3.34. The van der Waals surface area contributed by atoms with Crippen LogP contribution in [0.4, 0.5) is 4.39 Å². The minimum absolute atomic E-state index is 0.0694. The van der Waals surface area contributed by atoms with Crippen molar-refractivity contribution in [1.82, 2.24) is 5.32 Å². The van der Waals surface area contributed by atoms with Crippen molar-refractivity contribution in [3.63, 3.8) is 0 Å². The molecule has 1 aromatic heterocycles. The zero-order chi connectivity index (χ0) is 19.8. The monoisotopic (exact) mass is 381 g/mol. The molecule has 7 heteroatoms. The summed E-state index contributed by atoms with van der Waals surface area (Å²) in [5, 5.41) is 2.82. The Bertz CT molecular complexity index is 1170. The minimum Gasteiger partial charge on any atom is -0.493 e. The van der Waals surface area contributed by atoms with Gasteiger partial charge in [-0.05, 0) is 35.9 Å². The van der Waals surface area contributed by atoms with E-state index >= 15 is 0 Å². The Morgan fingerprint density at radius 3 is 2.79 bits per heavy atom. The first-order valence-electron chi connectivity index (χ1n) is 8.52. The van der Waals surface area contributed by atoms with Gasteiger partial charge in [0, 0.05) is 0 Å². The quantitative estimate of drug-likeness (QED) is 0.686. The number of fused-ring (bicyclic) bond motifs is 2. The van der Waals surface area contributed by atoms with Gasteiger partial charge in [0.05, 0.1) is 24.1 Å². The van der Waals surface area contributed by atoms with Crippen molar-refractivity contribution >= 4 is 16.9 Å². The average Bonchev–Trinajstić information content (AvgIpc) is 3.03. The van der Waals surface area contributed by atoms with Crippen molar-refractivity contribution in [2.45, 2.75) is 6.04 Å². The normalized spacial score (nSPS) is 15.2.